The van der Waals surface area contributed by atoms with Gasteiger partial charge >= 0.3 is 0 Å². The van der Waals surface area contributed by atoms with E-state index in [1.165, 1.54) is 12.3 Å². The number of carbonyl (C=O) groups excluding carboxylic acids is 2. The molecule has 32 heavy (non-hydrogen) atoms. The molecule has 0 saturated carbocycles. The maximum atomic E-state index is 12.2. The van der Waals surface area contributed by atoms with Crippen molar-refractivity contribution in [1.82, 2.24) is 5.32 Å². The third-order valence-electron chi connectivity index (χ3n) is 4.55. The first-order chi connectivity index (χ1) is 15.7. The van der Waals surface area contributed by atoms with Crippen LogP contribution in [0.4, 0.5) is 5.69 Å². The van der Waals surface area contributed by atoms with Gasteiger partial charge in [-0.15, -0.1) is 0 Å². The van der Waals surface area contributed by atoms with Gasteiger partial charge in [0.2, 0.25) is 18.6 Å². The average molecular weight is 434 g/mol. The molecule has 2 N–H and O–H groups in total. The van der Waals surface area contributed by atoms with Crippen LogP contribution >= 0.6 is 0 Å². The lowest BCUT2D eigenvalue weighted by atomic mass is 10.2. The van der Waals surface area contributed by atoms with E-state index in [2.05, 4.69) is 10.6 Å². The molecule has 0 radical (unpaired) electrons. The fourth-order valence-corrected chi connectivity index (χ4v) is 3.00. The summed E-state index contributed by atoms with van der Waals surface area (Å²) in [5.41, 5.74) is 1.56. The molecule has 8 nitrogen and oxygen atoms in total. The van der Waals surface area contributed by atoms with Gasteiger partial charge in [-0.25, -0.2) is 0 Å². The summed E-state index contributed by atoms with van der Waals surface area (Å²) in [5.74, 6) is 2.12. The number of fused-ring (bicyclic) bond motifs is 1. The van der Waals surface area contributed by atoms with Gasteiger partial charge in [-0.05, 0) is 48.0 Å². The van der Waals surface area contributed by atoms with Crippen molar-refractivity contribution < 1.29 is 28.2 Å². The normalized spacial score (nSPS) is 12.0. The lowest BCUT2D eigenvalue weighted by molar-refractivity contribution is -0.117. The van der Waals surface area contributed by atoms with E-state index >= 15 is 0 Å². The summed E-state index contributed by atoms with van der Waals surface area (Å²) in [4.78, 5) is 24.0. The zero-order chi connectivity index (χ0) is 22.2. The van der Waals surface area contributed by atoms with Gasteiger partial charge < -0.3 is 29.3 Å². The van der Waals surface area contributed by atoms with E-state index in [4.69, 9.17) is 18.6 Å². The van der Waals surface area contributed by atoms with E-state index in [0.29, 0.717) is 35.3 Å². The Morgan fingerprint density at radius 3 is 2.81 bits per heavy atom. The molecule has 0 aliphatic carbocycles. The highest BCUT2D eigenvalue weighted by molar-refractivity contribution is 5.93. The lowest BCUT2D eigenvalue weighted by Crippen LogP contribution is -2.26. The second kappa shape index (κ2) is 10.2. The van der Waals surface area contributed by atoms with Gasteiger partial charge in [0.15, 0.2) is 11.5 Å². The zero-order valence-electron chi connectivity index (χ0n) is 17.2. The fourth-order valence-electron chi connectivity index (χ4n) is 3.00. The second-order valence-corrected chi connectivity index (χ2v) is 6.94. The first-order valence-corrected chi connectivity index (χ1v) is 10.1. The molecule has 1 aromatic heterocycles. The zero-order valence-corrected chi connectivity index (χ0v) is 17.2. The largest absolute Gasteiger partial charge is 0.489 e. The van der Waals surface area contributed by atoms with Gasteiger partial charge in [-0.3, -0.25) is 9.59 Å². The highest BCUT2D eigenvalue weighted by Gasteiger charge is 2.13. The monoisotopic (exact) mass is 434 g/mol. The number of ether oxygens (including phenoxy) is 3. The van der Waals surface area contributed by atoms with Crippen LogP contribution in [0.2, 0.25) is 0 Å². The van der Waals surface area contributed by atoms with Crippen molar-refractivity contribution in [1.29, 1.82) is 0 Å². The van der Waals surface area contributed by atoms with Crippen molar-refractivity contribution in [3.8, 4) is 17.2 Å². The third kappa shape index (κ3) is 5.91. The van der Waals surface area contributed by atoms with E-state index in [1.807, 2.05) is 24.3 Å². The Hall–Kier alpha value is -4.20. The maximum absolute atomic E-state index is 12.2. The van der Waals surface area contributed by atoms with Crippen molar-refractivity contribution in [2.45, 2.75) is 13.0 Å². The predicted octanol–water partition coefficient (Wildman–Crippen LogP) is 3.75. The molecular weight excluding hydrogens is 412 g/mol. The summed E-state index contributed by atoms with van der Waals surface area (Å²) < 4.78 is 21.6. The molecule has 1 aliphatic heterocycles. The number of hydrogen-bond acceptors (Lipinski definition) is 6. The molecule has 164 valence electrons. The topological polar surface area (TPSA) is 99.0 Å². The summed E-state index contributed by atoms with van der Waals surface area (Å²) in [5, 5.41) is 5.49. The number of nitrogens with one attached hydrogen (secondary N) is 2. The van der Waals surface area contributed by atoms with Crippen LogP contribution in [0.5, 0.6) is 17.2 Å². The Bertz CT molecular complexity index is 1110. The minimum absolute atomic E-state index is 0.151. The van der Waals surface area contributed by atoms with Crippen LogP contribution in [-0.2, 0) is 16.2 Å². The molecular formula is C24H22N2O6. The predicted molar refractivity (Wildman–Crippen MR) is 117 cm³/mol. The smallest absolute Gasteiger partial charge is 0.244 e. The van der Waals surface area contributed by atoms with Crippen molar-refractivity contribution >= 4 is 23.6 Å². The molecule has 8 heteroatoms. The van der Waals surface area contributed by atoms with Crippen molar-refractivity contribution in [3.63, 3.8) is 0 Å². The molecule has 0 bridgehead atoms. The number of benzene rings is 2. The number of furan rings is 1. The van der Waals surface area contributed by atoms with Crippen LogP contribution in [0.1, 0.15) is 17.7 Å². The molecule has 3 aromatic rings. The second-order valence-electron chi connectivity index (χ2n) is 6.94. The molecule has 0 saturated heterocycles. The van der Waals surface area contributed by atoms with Crippen LogP contribution in [-0.4, -0.2) is 25.2 Å². The van der Waals surface area contributed by atoms with Crippen LogP contribution in [0.15, 0.2) is 71.4 Å². The quantitative estimate of drug-likeness (QED) is 0.498. The Morgan fingerprint density at radius 2 is 1.94 bits per heavy atom. The summed E-state index contributed by atoms with van der Waals surface area (Å²) in [6.07, 6.45) is 4.60. The number of anilines is 1. The Balaban J connectivity index is 1.21. The van der Waals surface area contributed by atoms with Gasteiger partial charge in [-0.1, -0.05) is 12.1 Å². The average Bonchev–Trinajstić information content (AvgIpc) is 3.48. The molecule has 0 spiro atoms. The summed E-state index contributed by atoms with van der Waals surface area (Å²) in [7, 11) is 0. The van der Waals surface area contributed by atoms with Gasteiger partial charge in [0.1, 0.15) is 18.1 Å². The third-order valence-corrected chi connectivity index (χ3v) is 4.55. The van der Waals surface area contributed by atoms with E-state index in [9.17, 15) is 9.59 Å². The number of amides is 2. The van der Waals surface area contributed by atoms with Crippen LogP contribution < -0.4 is 24.8 Å². The standard InChI is InChI=1S/C24H22N2O6/c27-23(9-7-19-5-2-12-29-19)25-11-10-24(28)26-18-4-1-3-17(13-18)15-30-20-6-8-21-22(14-20)32-16-31-21/h1-9,12-14H,10-11,15-16H2,(H,25,27)(H,26,28). The highest BCUT2D eigenvalue weighted by atomic mass is 16.7. The van der Waals surface area contributed by atoms with Crippen molar-refractivity contribution in [3.05, 3.63) is 78.3 Å². The van der Waals surface area contributed by atoms with Gasteiger partial charge in [0.05, 0.1) is 6.26 Å². The molecule has 4 rings (SSSR count). The van der Waals surface area contributed by atoms with Gasteiger partial charge in [0, 0.05) is 30.8 Å². The van der Waals surface area contributed by atoms with E-state index in [1.54, 1.807) is 36.4 Å². The molecule has 2 heterocycles. The molecule has 0 atom stereocenters. The number of hydrogen-bond donors (Lipinski definition) is 2. The van der Waals surface area contributed by atoms with E-state index in [0.717, 1.165) is 5.56 Å². The summed E-state index contributed by atoms with van der Waals surface area (Å²) >= 11 is 0. The maximum Gasteiger partial charge on any atom is 0.244 e. The Kier molecular flexibility index (Phi) is 6.72. The first kappa shape index (κ1) is 21.0. The minimum atomic E-state index is -0.295. The van der Waals surface area contributed by atoms with Crippen LogP contribution in [0.3, 0.4) is 0 Å². The SMILES string of the molecule is O=C(C=Cc1ccco1)NCCC(=O)Nc1cccc(COc2ccc3c(c2)OCO3)c1. The lowest BCUT2D eigenvalue weighted by Gasteiger charge is -2.10. The highest BCUT2D eigenvalue weighted by Crippen LogP contribution is 2.35. The molecule has 2 aromatic carbocycles. The van der Waals surface area contributed by atoms with Crippen LogP contribution in [0, 0.1) is 0 Å². The molecule has 1 aliphatic rings. The van der Waals surface area contributed by atoms with Gasteiger partial charge in [-0.2, -0.15) is 0 Å². The summed E-state index contributed by atoms with van der Waals surface area (Å²) in [6, 6.07) is 16.3. The van der Waals surface area contributed by atoms with Crippen molar-refractivity contribution in [2.24, 2.45) is 0 Å². The molecule has 2 amide bonds. The van der Waals surface area contributed by atoms with E-state index < -0.39 is 0 Å². The Labute approximate surface area is 184 Å². The first-order valence-electron chi connectivity index (χ1n) is 10.1. The van der Waals surface area contributed by atoms with Crippen molar-refractivity contribution in [2.75, 3.05) is 18.7 Å². The van der Waals surface area contributed by atoms with Crippen LogP contribution in [0.25, 0.3) is 6.08 Å². The number of carbonyl (C=O) groups is 2. The fraction of sp³-hybridized carbons (Fsp3) is 0.167. The molecule has 0 fully saturated rings. The summed E-state index contributed by atoms with van der Waals surface area (Å²) in [6.45, 7) is 0.771. The Morgan fingerprint density at radius 1 is 1.03 bits per heavy atom. The van der Waals surface area contributed by atoms with Gasteiger partial charge in [0.25, 0.3) is 0 Å². The molecule has 0 unspecified atom stereocenters. The van der Waals surface area contributed by atoms with E-state index in [-0.39, 0.29) is 31.6 Å². The minimum Gasteiger partial charge on any atom is -0.489 e. The number of rotatable bonds is 9.